The predicted octanol–water partition coefficient (Wildman–Crippen LogP) is 2.37. The first-order valence-corrected chi connectivity index (χ1v) is 9.00. The third-order valence-electron chi connectivity index (χ3n) is 3.83. The van der Waals surface area contributed by atoms with Gasteiger partial charge in [-0.3, -0.25) is 4.99 Å². The molecule has 1 heterocycles. The zero-order valence-corrected chi connectivity index (χ0v) is 15.9. The molecule has 6 heteroatoms. The fourth-order valence-corrected chi connectivity index (χ4v) is 2.77. The number of nitrogens with zero attached hydrogens (tertiary/aromatic N) is 1. The Morgan fingerprint density at radius 1 is 1.28 bits per heavy atom. The summed E-state index contributed by atoms with van der Waals surface area (Å²) in [6.45, 7) is 9.75. The molecule has 2 N–H and O–H groups in total. The number of fused-ring (bicyclic) bond motifs is 1. The van der Waals surface area contributed by atoms with E-state index >= 15 is 0 Å². The molecule has 0 aliphatic carbocycles. The number of hydrogen-bond donors (Lipinski definition) is 2. The van der Waals surface area contributed by atoms with Crippen molar-refractivity contribution in [2.45, 2.75) is 39.2 Å². The molecule has 25 heavy (non-hydrogen) atoms. The molecule has 0 bridgehead atoms. The third-order valence-corrected chi connectivity index (χ3v) is 3.83. The van der Waals surface area contributed by atoms with Crippen molar-refractivity contribution < 1.29 is 14.2 Å². The fraction of sp³-hybridized carbons (Fsp3) is 0.632. The first kappa shape index (κ1) is 19.4. The van der Waals surface area contributed by atoms with Crippen LogP contribution < -0.4 is 20.1 Å². The van der Waals surface area contributed by atoms with Gasteiger partial charge in [-0.25, -0.2) is 0 Å². The van der Waals surface area contributed by atoms with Crippen molar-refractivity contribution in [2.75, 3.05) is 40.0 Å². The first-order valence-electron chi connectivity index (χ1n) is 9.00. The number of methoxy groups -OCH3 is 1. The van der Waals surface area contributed by atoms with E-state index in [9.17, 15) is 0 Å². The zero-order valence-electron chi connectivity index (χ0n) is 15.9. The van der Waals surface area contributed by atoms with Crippen LogP contribution in [0.1, 0.15) is 32.8 Å². The van der Waals surface area contributed by atoms with Gasteiger partial charge < -0.3 is 24.8 Å². The summed E-state index contributed by atoms with van der Waals surface area (Å²) < 4.78 is 17.0. The molecule has 0 unspecified atom stereocenters. The van der Waals surface area contributed by atoms with E-state index in [0.717, 1.165) is 50.0 Å². The lowest BCUT2D eigenvalue weighted by Gasteiger charge is -2.18. The Kier molecular flexibility index (Phi) is 7.37. The van der Waals surface area contributed by atoms with Crippen molar-refractivity contribution in [1.82, 2.24) is 10.6 Å². The number of benzene rings is 1. The molecule has 1 aromatic rings. The Balaban J connectivity index is 1.80. The van der Waals surface area contributed by atoms with Crippen molar-refractivity contribution in [3.05, 3.63) is 23.8 Å². The largest absolute Gasteiger partial charge is 0.488 e. The van der Waals surface area contributed by atoms with E-state index in [1.54, 1.807) is 7.11 Å². The molecule has 140 valence electrons. The molecule has 6 nitrogen and oxygen atoms in total. The van der Waals surface area contributed by atoms with Crippen molar-refractivity contribution in [3.63, 3.8) is 0 Å². The molecule has 0 saturated carbocycles. The quantitative estimate of drug-likeness (QED) is 0.407. The molecule has 2 rings (SSSR count). The number of rotatable bonds is 9. The molecular weight excluding hydrogens is 318 g/mol. The summed E-state index contributed by atoms with van der Waals surface area (Å²) in [5, 5.41) is 6.51. The third kappa shape index (κ3) is 6.12. The Hall–Kier alpha value is -1.95. The SMILES string of the molecule is CCNC(=NCCCOC)NCCOc1cccc2c1OC(C)(C)C2. The second-order valence-electron chi connectivity index (χ2n) is 6.67. The van der Waals surface area contributed by atoms with Crippen LogP contribution in [0, 0.1) is 0 Å². The summed E-state index contributed by atoms with van der Waals surface area (Å²) in [5.41, 5.74) is 1.05. The molecule has 0 fully saturated rings. The van der Waals surface area contributed by atoms with Crippen LogP contribution >= 0.6 is 0 Å². The average Bonchev–Trinajstić information content (AvgIpc) is 2.90. The highest BCUT2D eigenvalue weighted by molar-refractivity contribution is 5.79. The van der Waals surface area contributed by atoms with Gasteiger partial charge in [-0.15, -0.1) is 0 Å². The molecule has 1 aliphatic heterocycles. The van der Waals surface area contributed by atoms with Gasteiger partial charge in [0.1, 0.15) is 12.2 Å². The minimum absolute atomic E-state index is 0.160. The van der Waals surface area contributed by atoms with Crippen LogP contribution in [-0.2, 0) is 11.2 Å². The maximum atomic E-state index is 6.02. The number of para-hydroxylation sites is 1. The van der Waals surface area contributed by atoms with Gasteiger partial charge in [0.25, 0.3) is 0 Å². The summed E-state index contributed by atoms with van der Waals surface area (Å²) in [5.74, 6) is 2.50. The van der Waals surface area contributed by atoms with Gasteiger partial charge >= 0.3 is 0 Å². The van der Waals surface area contributed by atoms with Gasteiger partial charge in [-0.05, 0) is 33.3 Å². The summed E-state index contributed by atoms with van der Waals surface area (Å²) in [7, 11) is 1.70. The highest BCUT2D eigenvalue weighted by atomic mass is 16.5. The lowest BCUT2D eigenvalue weighted by atomic mass is 10.0. The zero-order chi connectivity index (χ0) is 18.1. The molecule has 0 amide bonds. The standard InChI is InChI=1S/C19H31N3O3/c1-5-20-18(21-10-7-12-23-4)22-11-13-24-16-9-6-8-15-14-19(2,3)25-17(15)16/h6,8-9H,5,7,10-14H2,1-4H3,(H2,20,21,22). The number of hydrogen-bond acceptors (Lipinski definition) is 4. The van der Waals surface area contributed by atoms with Gasteiger partial charge in [0.2, 0.25) is 0 Å². The maximum absolute atomic E-state index is 6.02. The van der Waals surface area contributed by atoms with E-state index in [2.05, 4.69) is 42.5 Å². The molecule has 0 radical (unpaired) electrons. The fourth-order valence-electron chi connectivity index (χ4n) is 2.77. The van der Waals surface area contributed by atoms with Gasteiger partial charge in [0, 0.05) is 38.8 Å². The van der Waals surface area contributed by atoms with Crippen molar-refractivity contribution in [1.29, 1.82) is 0 Å². The number of guanidine groups is 1. The van der Waals surface area contributed by atoms with Gasteiger partial charge in [0.05, 0.1) is 6.54 Å². The Bertz CT molecular complexity index is 573. The van der Waals surface area contributed by atoms with Crippen LogP contribution in [-0.4, -0.2) is 51.5 Å². The number of nitrogens with one attached hydrogen (secondary N) is 2. The highest BCUT2D eigenvalue weighted by Crippen LogP contribution is 2.41. The minimum atomic E-state index is -0.160. The monoisotopic (exact) mass is 349 g/mol. The smallest absolute Gasteiger partial charge is 0.191 e. The van der Waals surface area contributed by atoms with Crippen LogP contribution in [0.15, 0.2) is 23.2 Å². The van der Waals surface area contributed by atoms with E-state index in [1.165, 1.54) is 5.56 Å². The van der Waals surface area contributed by atoms with Gasteiger partial charge in [0.15, 0.2) is 17.5 Å². The van der Waals surface area contributed by atoms with Crippen molar-refractivity contribution in [2.24, 2.45) is 4.99 Å². The second kappa shape index (κ2) is 9.51. The lowest BCUT2D eigenvalue weighted by Crippen LogP contribution is -2.39. The predicted molar refractivity (Wildman–Crippen MR) is 101 cm³/mol. The summed E-state index contributed by atoms with van der Waals surface area (Å²) in [4.78, 5) is 4.51. The van der Waals surface area contributed by atoms with Gasteiger partial charge in [-0.1, -0.05) is 12.1 Å². The molecule has 1 aromatic carbocycles. The Morgan fingerprint density at radius 3 is 2.88 bits per heavy atom. The van der Waals surface area contributed by atoms with E-state index in [1.807, 2.05) is 12.1 Å². The van der Waals surface area contributed by atoms with E-state index in [4.69, 9.17) is 14.2 Å². The molecular formula is C19H31N3O3. The van der Waals surface area contributed by atoms with Crippen LogP contribution in [0.5, 0.6) is 11.5 Å². The van der Waals surface area contributed by atoms with Crippen LogP contribution in [0.3, 0.4) is 0 Å². The molecule has 0 saturated heterocycles. The molecule has 0 aromatic heterocycles. The van der Waals surface area contributed by atoms with E-state index < -0.39 is 0 Å². The average molecular weight is 349 g/mol. The van der Waals surface area contributed by atoms with Crippen molar-refractivity contribution in [3.8, 4) is 11.5 Å². The second-order valence-corrected chi connectivity index (χ2v) is 6.67. The Morgan fingerprint density at radius 2 is 2.12 bits per heavy atom. The summed E-state index contributed by atoms with van der Waals surface area (Å²) in [6.07, 6.45) is 1.82. The van der Waals surface area contributed by atoms with Gasteiger partial charge in [-0.2, -0.15) is 0 Å². The lowest BCUT2D eigenvalue weighted by molar-refractivity contribution is 0.132. The van der Waals surface area contributed by atoms with E-state index in [-0.39, 0.29) is 5.60 Å². The minimum Gasteiger partial charge on any atom is -0.488 e. The van der Waals surface area contributed by atoms with Crippen molar-refractivity contribution >= 4 is 5.96 Å². The molecule has 0 spiro atoms. The highest BCUT2D eigenvalue weighted by Gasteiger charge is 2.32. The topological polar surface area (TPSA) is 64.1 Å². The number of ether oxygens (including phenoxy) is 3. The van der Waals surface area contributed by atoms with Crippen LogP contribution in [0.2, 0.25) is 0 Å². The molecule has 1 aliphatic rings. The normalized spacial score (nSPS) is 15.4. The Labute approximate surface area is 151 Å². The number of aliphatic imine (C=N–C) groups is 1. The molecule has 0 atom stereocenters. The first-order chi connectivity index (χ1) is 12.1. The van der Waals surface area contributed by atoms with E-state index in [0.29, 0.717) is 13.2 Å². The van der Waals surface area contributed by atoms with Crippen LogP contribution in [0.25, 0.3) is 0 Å². The summed E-state index contributed by atoms with van der Waals surface area (Å²) >= 11 is 0. The van der Waals surface area contributed by atoms with Crippen LogP contribution in [0.4, 0.5) is 0 Å². The summed E-state index contributed by atoms with van der Waals surface area (Å²) in [6, 6.07) is 6.09. The maximum Gasteiger partial charge on any atom is 0.191 e.